The molecule has 0 saturated carbocycles. The van der Waals surface area contributed by atoms with E-state index in [1.54, 1.807) is 17.2 Å². The standard InChI is InChI=1S/C18H24F3N3O3/c1-17(2,3)27-16(25)24-9-12-7-23(8-13(12)10-24)14-4-15(6-22-5-14)26-11-18(19,20)21/h4-6,12-13H,7-11H2,1-3H3/t12-,13+. The molecular formula is C18H24F3N3O3. The summed E-state index contributed by atoms with van der Waals surface area (Å²) in [5.41, 5.74) is 0.205. The maximum Gasteiger partial charge on any atom is 0.422 e. The lowest BCUT2D eigenvalue weighted by Gasteiger charge is -2.26. The third-order valence-electron chi connectivity index (χ3n) is 4.60. The van der Waals surface area contributed by atoms with Gasteiger partial charge in [-0.3, -0.25) is 4.98 Å². The molecule has 2 aliphatic heterocycles. The number of aromatic nitrogens is 1. The van der Waals surface area contributed by atoms with E-state index in [1.807, 2.05) is 20.8 Å². The van der Waals surface area contributed by atoms with Gasteiger partial charge in [0.2, 0.25) is 0 Å². The van der Waals surface area contributed by atoms with Crippen molar-refractivity contribution in [1.82, 2.24) is 9.88 Å². The van der Waals surface area contributed by atoms with Crippen LogP contribution in [0.15, 0.2) is 18.5 Å². The Morgan fingerprint density at radius 3 is 2.33 bits per heavy atom. The smallest absolute Gasteiger partial charge is 0.422 e. The van der Waals surface area contributed by atoms with E-state index in [0.717, 1.165) is 5.69 Å². The van der Waals surface area contributed by atoms with Gasteiger partial charge < -0.3 is 19.3 Å². The highest BCUT2D eigenvalue weighted by atomic mass is 19.4. The predicted octanol–water partition coefficient (Wildman–Crippen LogP) is 3.33. The van der Waals surface area contributed by atoms with Gasteiger partial charge in [0, 0.05) is 44.1 Å². The Morgan fingerprint density at radius 2 is 1.78 bits per heavy atom. The van der Waals surface area contributed by atoms with Crippen LogP contribution in [0.25, 0.3) is 0 Å². The van der Waals surface area contributed by atoms with Crippen molar-refractivity contribution in [3.05, 3.63) is 18.5 Å². The number of ether oxygens (including phenoxy) is 2. The quantitative estimate of drug-likeness (QED) is 0.796. The summed E-state index contributed by atoms with van der Waals surface area (Å²) in [6.07, 6.45) is -1.79. The number of alkyl halides is 3. The van der Waals surface area contributed by atoms with Crippen molar-refractivity contribution in [2.24, 2.45) is 11.8 Å². The normalized spacial score (nSPS) is 22.7. The van der Waals surface area contributed by atoms with Crippen LogP contribution in [0.3, 0.4) is 0 Å². The first-order valence-corrected chi connectivity index (χ1v) is 8.88. The lowest BCUT2D eigenvalue weighted by atomic mass is 10.0. The Bertz CT molecular complexity index is 676. The van der Waals surface area contributed by atoms with Gasteiger partial charge in [-0.05, 0) is 20.8 Å². The molecule has 0 bridgehead atoms. The highest BCUT2D eigenvalue weighted by Gasteiger charge is 2.43. The minimum Gasteiger partial charge on any atom is -0.482 e. The third-order valence-corrected chi connectivity index (χ3v) is 4.60. The van der Waals surface area contributed by atoms with Crippen molar-refractivity contribution in [2.75, 3.05) is 37.7 Å². The zero-order valence-corrected chi connectivity index (χ0v) is 15.6. The summed E-state index contributed by atoms with van der Waals surface area (Å²) in [7, 11) is 0. The highest BCUT2D eigenvalue weighted by molar-refractivity contribution is 5.68. The molecule has 6 nitrogen and oxygen atoms in total. The van der Waals surface area contributed by atoms with Gasteiger partial charge in [-0.25, -0.2) is 4.79 Å². The maximum absolute atomic E-state index is 12.3. The van der Waals surface area contributed by atoms with Gasteiger partial charge in [0.25, 0.3) is 0 Å². The number of carbonyl (C=O) groups is 1. The van der Waals surface area contributed by atoms with Crippen molar-refractivity contribution in [1.29, 1.82) is 0 Å². The molecule has 2 aliphatic rings. The number of pyridine rings is 1. The third kappa shape index (κ3) is 5.17. The molecule has 0 aliphatic carbocycles. The Labute approximate surface area is 156 Å². The average Bonchev–Trinajstić information content (AvgIpc) is 3.10. The topological polar surface area (TPSA) is 54.9 Å². The lowest BCUT2D eigenvalue weighted by Crippen LogP contribution is -2.37. The molecule has 3 rings (SSSR count). The van der Waals surface area contributed by atoms with Crippen LogP contribution in [0.4, 0.5) is 23.7 Å². The van der Waals surface area contributed by atoms with Crippen LogP contribution in [0.5, 0.6) is 5.75 Å². The molecule has 3 heterocycles. The summed E-state index contributed by atoms with van der Waals surface area (Å²) in [5, 5.41) is 0. The molecule has 0 N–H and O–H groups in total. The van der Waals surface area contributed by atoms with Crippen molar-refractivity contribution >= 4 is 11.8 Å². The summed E-state index contributed by atoms with van der Waals surface area (Å²) in [6.45, 7) is 6.84. The zero-order chi connectivity index (χ0) is 19.8. The molecule has 1 aromatic heterocycles. The minimum atomic E-state index is -4.38. The number of anilines is 1. The Morgan fingerprint density at radius 1 is 1.15 bits per heavy atom. The van der Waals surface area contributed by atoms with E-state index in [2.05, 4.69) is 9.88 Å². The lowest BCUT2D eigenvalue weighted by molar-refractivity contribution is -0.153. The minimum absolute atomic E-state index is 0.0947. The molecule has 2 atom stereocenters. The summed E-state index contributed by atoms with van der Waals surface area (Å²) >= 11 is 0. The van der Waals surface area contributed by atoms with Gasteiger partial charge in [-0.2, -0.15) is 13.2 Å². The number of fused-ring (bicyclic) bond motifs is 1. The molecule has 2 saturated heterocycles. The highest BCUT2D eigenvalue weighted by Crippen LogP contribution is 2.35. The number of nitrogens with zero attached hydrogens (tertiary/aromatic N) is 3. The van der Waals surface area contributed by atoms with Gasteiger partial charge in [0.15, 0.2) is 6.61 Å². The van der Waals surface area contributed by atoms with E-state index < -0.39 is 18.4 Å². The van der Waals surface area contributed by atoms with Gasteiger partial charge in [-0.15, -0.1) is 0 Å². The van der Waals surface area contributed by atoms with Crippen LogP contribution in [-0.2, 0) is 4.74 Å². The molecule has 0 unspecified atom stereocenters. The molecule has 0 radical (unpaired) electrons. The van der Waals surface area contributed by atoms with Crippen LogP contribution >= 0.6 is 0 Å². The number of carbonyl (C=O) groups excluding carboxylic acids is 1. The van der Waals surface area contributed by atoms with E-state index in [4.69, 9.17) is 9.47 Å². The second kappa shape index (κ2) is 7.09. The van der Waals surface area contributed by atoms with Crippen molar-refractivity contribution in [2.45, 2.75) is 32.5 Å². The van der Waals surface area contributed by atoms with Gasteiger partial charge in [0.05, 0.1) is 18.1 Å². The van der Waals surface area contributed by atoms with E-state index in [0.29, 0.717) is 38.0 Å². The summed E-state index contributed by atoms with van der Waals surface area (Å²) < 4.78 is 47.1. The number of hydrogen-bond donors (Lipinski definition) is 0. The molecular weight excluding hydrogens is 363 g/mol. The number of rotatable bonds is 3. The summed E-state index contributed by atoms with van der Waals surface area (Å²) in [5.74, 6) is 0.701. The number of likely N-dealkylation sites (tertiary alicyclic amines) is 1. The predicted molar refractivity (Wildman–Crippen MR) is 92.8 cm³/mol. The van der Waals surface area contributed by atoms with Crippen LogP contribution < -0.4 is 9.64 Å². The van der Waals surface area contributed by atoms with Crippen LogP contribution in [0, 0.1) is 11.8 Å². The Hall–Kier alpha value is -2.19. The number of amides is 1. The number of halogens is 3. The van der Waals surface area contributed by atoms with Crippen molar-refractivity contribution in [3.8, 4) is 5.75 Å². The fourth-order valence-electron chi connectivity index (χ4n) is 3.50. The number of hydrogen-bond acceptors (Lipinski definition) is 5. The second-order valence-electron chi connectivity index (χ2n) is 8.09. The van der Waals surface area contributed by atoms with Crippen LogP contribution in [-0.4, -0.2) is 60.5 Å². The van der Waals surface area contributed by atoms with Gasteiger partial charge >= 0.3 is 12.3 Å². The van der Waals surface area contributed by atoms with E-state index in [9.17, 15) is 18.0 Å². The molecule has 0 aromatic carbocycles. The fourth-order valence-corrected chi connectivity index (χ4v) is 3.50. The van der Waals surface area contributed by atoms with Gasteiger partial charge in [0.1, 0.15) is 11.4 Å². The molecule has 27 heavy (non-hydrogen) atoms. The molecule has 9 heteroatoms. The average molecular weight is 387 g/mol. The second-order valence-corrected chi connectivity index (χ2v) is 8.09. The monoisotopic (exact) mass is 387 g/mol. The first kappa shape index (κ1) is 19.6. The molecule has 150 valence electrons. The first-order chi connectivity index (χ1) is 12.5. The zero-order valence-electron chi connectivity index (χ0n) is 15.6. The SMILES string of the molecule is CC(C)(C)OC(=O)N1C[C@@H]2CN(c3cncc(OCC(F)(F)F)c3)C[C@@H]2C1. The van der Waals surface area contributed by atoms with Gasteiger partial charge in [-0.1, -0.05) is 0 Å². The molecule has 1 amide bonds. The van der Waals surface area contributed by atoms with Crippen LogP contribution in [0.2, 0.25) is 0 Å². The molecule has 0 spiro atoms. The van der Waals surface area contributed by atoms with E-state index >= 15 is 0 Å². The maximum atomic E-state index is 12.3. The first-order valence-electron chi connectivity index (χ1n) is 8.88. The van der Waals surface area contributed by atoms with Crippen molar-refractivity contribution in [3.63, 3.8) is 0 Å². The summed E-state index contributed by atoms with van der Waals surface area (Å²) in [6, 6.07) is 1.57. The van der Waals surface area contributed by atoms with E-state index in [-0.39, 0.29) is 11.8 Å². The van der Waals surface area contributed by atoms with E-state index in [1.165, 1.54) is 6.20 Å². The molecule has 2 fully saturated rings. The van der Waals surface area contributed by atoms with Crippen LogP contribution in [0.1, 0.15) is 20.8 Å². The Balaban J connectivity index is 1.57. The summed E-state index contributed by atoms with van der Waals surface area (Å²) in [4.78, 5) is 20.0. The largest absolute Gasteiger partial charge is 0.482 e. The molecule has 1 aromatic rings. The van der Waals surface area contributed by atoms with Crippen molar-refractivity contribution < 1.29 is 27.4 Å². The Kier molecular flexibility index (Phi) is 5.14. The fraction of sp³-hybridized carbons (Fsp3) is 0.667.